The lowest BCUT2D eigenvalue weighted by Crippen LogP contribution is -2.25. The number of hydrogen-bond acceptors (Lipinski definition) is 5. The number of amides is 1. The van der Waals surface area contributed by atoms with Crippen LogP contribution >= 0.6 is 11.8 Å². The Bertz CT molecular complexity index is 1220. The lowest BCUT2D eigenvalue weighted by atomic mass is 10.1. The second-order valence-corrected chi connectivity index (χ2v) is 9.00. The van der Waals surface area contributed by atoms with Crippen molar-refractivity contribution in [2.45, 2.75) is 26.8 Å². The quantitative estimate of drug-likeness (QED) is 0.500. The molecule has 0 atom stereocenters. The molecule has 3 aromatic carbocycles. The minimum atomic E-state index is -0.0340. The van der Waals surface area contributed by atoms with Crippen LogP contribution in [0, 0.1) is 13.8 Å². The highest BCUT2D eigenvalue weighted by Crippen LogP contribution is 2.35. The van der Waals surface area contributed by atoms with E-state index in [9.17, 15) is 4.79 Å². The van der Waals surface area contributed by atoms with Crippen molar-refractivity contribution in [2.24, 2.45) is 9.98 Å². The summed E-state index contributed by atoms with van der Waals surface area (Å²) < 4.78 is 5.25. The van der Waals surface area contributed by atoms with E-state index >= 15 is 0 Å². The summed E-state index contributed by atoms with van der Waals surface area (Å²) in [6.45, 7) is 4.63. The number of ether oxygens (including phenoxy) is 1. The standard InChI is InChI=1S/C27H27N3O2S/c1-18-12-24-25(13-19(18)2)30-27(15-23(29-24)21-9-5-4-6-10-21)33-17-26(31)28-16-20-8-7-11-22(14-20)32-3/h4-14H,15-17H2,1-3H3,(H,28,31). The van der Waals surface area contributed by atoms with Gasteiger partial charge < -0.3 is 10.1 Å². The number of carbonyl (C=O) groups excluding carboxylic acids is 1. The SMILES string of the molecule is COc1cccc(CNC(=O)CSC2=Nc3cc(C)c(C)cc3N=C(c3ccccc3)C2)c1. The summed E-state index contributed by atoms with van der Waals surface area (Å²) in [5.74, 6) is 1.04. The maximum atomic E-state index is 12.5. The first-order chi connectivity index (χ1) is 16.0. The van der Waals surface area contributed by atoms with Gasteiger partial charge in [-0.05, 0) is 60.4 Å². The van der Waals surface area contributed by atoms with Gasteiger partial charge in [-0.2, -0.15) is 0 Å². The zero-order chi connectivity index (χ0) is 23.2. The molecule has 5 nitrogen and oxygen atoms in total. The molecule has 0 spiro atoms. The van der Waals surface area contributed by atoms with E-state index in [1.54, 1.807) is 7.11 Å². The van der Waals surface area contributed by atoms with E-state index in [2.05, 4.69) is 43.4 Å². The third kappa shape index (κ3) is 5.90. The van der Waals surface area contributed by atoms with Gasteiger partial charge in [0.1, 0.15) is 5.75 Å². The van der Waals surface area contributed by atoms with E-state index < -0.39 is 0 Å². The number of nitrogens with zero attached hydrogens (tertiary/aromatic N) is 2. The Hall–Kier alpha value is -3.38. The van der Waals surface area contributed by atoms with Crippen LogP contribution in [0.5, 0.6) is 5.75 Å². The predicted octanol–water partition coefficient (Wildman–Crippen LogP) is 5.92. The molecule has 0 bridgehead atoms. The van der Waals surface area contributed by atoms with Crippen LogP contribution in [0.25, 0.3) is 0 Å². The largest absolute Gasteiger partial charge is 0.497 e. The molecule has 1 amide bonds. The molecule has 1 aliphatic heterocycles. The first-order valence-corrected chi connectivity index (χ1v) is 11.8. The number of aryl methyl sites for hydroxylation is 2. The van der Waals surface area contributed by atoms with Crippen molar-refractivity contribution in [3.8, 4) is 5.75 Å². The molecule has 0 fully saturated rings. The smallest absolute Gasteiger partial charge is 0.230 e. The van der Waals surface area contributed by atoms with Crippen molar-refractivity contribution >= 4 is 39.8 Å². The maximum absolute atomic E-state index is 12.5. The van der Waals surface area contributed by atoms with Crippen LogP contribution in [0.3, 0.4) is 0 Å². The fraction of sp³-hybridized carbons (Fsp3) is 0.222. The van der Waals surface area contributed by atoms with Crippen molar-refractivity contribution in [2.75, 3.05) is 12.9 Å². The number of nitrogens with one attached hydrogen (secondary N) is 1. The minimum absolute atomic E-state index is 0.0340. The lowest BCUT2D eigenvalue weighted by molar-refractivity contribution is -0.118. The molecular formula is C27H27N3O2S. The first kappa shape index (κ1) is 22.8. The topological polar surface area (TPSA) is 63.0 Å². The number of hydrogen-bond donors (Lipinski definition) is 1. The van der Waals surface area contributed by atoms with Crippen LogP contribution in [-0.4, -0.2) is 29.5 Å². The van der Waals surface area contributed by atoms with E-state index in [-0.39, 0.29) is 5.91 Å². The van der Waals surface area contributed by atoms with E-state index in [1.807, 2.05) is 42.5 Å². The molecule has 3 aromatic rings. The average molecular weight is 458 g/mol. The fourth-order valence-electron chi connectivity index (χ4n) is 3.53. The molecular weight excluding hydrogens is 430 g/mol. The molecule has 1 aliphatic rings. The summed E-state index contributed by atoms with van der Waals surface area (Å²) in [5, 5.41) is 3.87. The van der Waals surface area contributed by atoms with Gasteiger partial charge in [0.05, 0.1) is 35.0 Å². The van der Waals surface area contributed by atoms with Gasteiger partial charge in [-0.1, -0.05) is 42.5 Å². The van der Waals surface area contributed by atoms with Gasteiger partial charge in [-0.25, -0.2) is 4.99 Å². The second-order valence-electron chi connectivity index (χ2n) is 7.95. The maximum Gasteiger partial charge on any atom is 0.230 e. The van der Waals surface area contributed by atoms with Crippen LogP contribution in [0.4, 0.5) is 11.4 Å². The van der Waals surface area contributed by atoms with E-state index in [1.165, 1.54) is 22.9 Å². The van der Waals surface area contributed by atoms with Crippen molar-refractivity contribution in [3.05, 3.63) is 89.0 Å². The fourth-order valence-corrected chi connectivity index (χ4v) is 4.33. The Morgan fingerprint density at radius 2 is 1.70 bits per heavy atom. The van der Waals surface area contributed by atoms with Crippen LogP contribution in [0.1, 0.15) is 28.7 Å². The molecule has 0 saturated heterocycles. The van der Waals surface area contributed by atoms with Crippen LogP contribution < -0.4 is 10.1 Å². The summed E-state index contributed by atoms with van der Waals surface area (Å²) in [5.41, 5.74) is 7.11. The Morgan fingerprint density at radius 1 is 0.970 bits per heavy atom. The lowest BCUT2D eigenvalue weighted by Gasteiger charge is -2.09. The molecule has 168 valence electrons. The number of carbonyl (C=O) groups is 1. The van der Waals surface area contributed by atoms with E-state index in [4.69, 9.17) is 14.7 Å². The van der Waals surface area contributed by atoms with Crippen LogP contribution in [0.2, 0.25) is 0 Å². The molecule has 6 heteroatoms. The predicted molar refractivity (Wildman–Crippen MR) is 138 cm³/mol. The Labute approximate surface area is 199 Å². The number of aliphatic imine (C=N–C) groups is 2. The first-order valence-electron chi connectivity index (χ1n) is 10.9. The van der Waals surface area contributed by atoms with Gasteiger partial charge in [0.25, 0.3) is 0 Å². The zero-order valence-corrected chi connectivity index (χ0v) is 19.9. The number of benzene rings is 3. The van der Waals surface area contributed by atoms with Gasteiger partial charge >= 0.3 is 0 Å². The number of methoxy groups -OCH3 is 1. The van der Waals surface area contributed by atoms with Gasteiger partial charge in [0, 0.05) is 13.0 Å². The highest BCUT2D eigenvalue weighted by molar-refractivity contribution is 8.14. The van der Waals surface area contributed by atoms with Crippen molar-refractivity contribution < 1.29 is 9.53 Å². The summed E-state index contributed by atoms with van der Waals surface area (Å²) in [6, 6.07) is 22.0. The molecule has 1 N–H and O–H groups in total. The summed E-state index contributed by atoms with van der Waals surface area (Å²) >= 11 is 1.47. The molecule has 0 aliphatic carbocycles. The van der Waals surface area contributed by atoms with Gasteiger partial charge in [-0.3, -0.25) is 9.79 Å². The van der Waals surface area contributed by atoms with Crippen LogP contribution in [-0.2, 0) is 11.3 Å². The molecule has 33 heavy (non-hydrogen) atoms. The second kappa shape index (κ2) is 10.5. The third-order valence-electron chi connectivity index (χ3n) is 5.51. The zero-order valence-electron chi connectivity index (χ0n) is 19.1. The molecule has 0 aromatic heterocycles. The van der Waals surface area contributed by atoms with Crippen LogP contribution in [0.15, 0.2) is 76.7 Å². The Balaban J connectivity index is 1.49. The van der Waals surface area contributed by atoms with Crippen molar-refractivity contribution in [3.63, 3.8) is 0 Å². The number of rotatable bonds is 6. The van der Waals surface area contributed by atoms with Gasteiger partial charge in [-0.15, -0.1) is 11.8 Å². The molecule has 0 saturated carbocycles. The third-order valence-corrected chi connectivity index (χ3v) is 6.49. The van der Waals surface area contributed by atoms with E-state index in [0.29, 0.717) is 18.7 Å². The highest BCUT2D eigenvalue weighted by Gasteiger charge is 2.17. The highest BCUT2D eigenvalue weighted by atomic mass is 32.2. The molecule has 0 unspecified atom stereocenters. The van der Waals surface area contributed by atoms with Crippen molar-refractivity contribution in [1.29, 1.82) is 0 Å². The normalized spacial score (nSPS) is 12.8. The minimum Gasteiger partial charge on any atom is -0.497 e. The van der Waals surface area contributed by atoms with E-state index in [0.717, 1.165) is 39.0 Å². The Kier molecular flexibility index (Phi) is 7.25. The summed E-state index contributed by atoms with van der Waals surface area (Å²) in [6.07, 6.45) is 0.588. The number of fused-ring (bicyclic) bond motifs is 1. The Morgan fingerprint density at radius 3 is 2.42 bits per heavy atom. The van der Waals surface area contributed by atoms with Crippen molar-refractivity contribution in [1.82, 2.24) is 5.32 Å². The monoisotopic (exact) mass is 457 g/mol. The van der Waals surface area contributed by atoms with Gasteiger partial charge in [0.15, 0.2) is 0 Å². The molecule has 4 rings (SSSR count). The molecule has 0 radical (unpaired) electrons. The summed E-state index contributed by atoms with van der Waals surface area (Å²) in [7, 11) is 1.63. The average Bonchev–Trinajstić information content (AvgIpc) is 3.01. The molecule has 1 heterocycles. The van der Waals surface area contributed by atoms with Gasteiger partial charge in [0.2, 0.25) is 5.91 Å². The number of thioether (sulfide) groups is 1. The summed E-state index contributed by atoms with van der Waals surface area (Å²) in [4.78, 5) is 22.4.